The summed E-state index contributed by atoms with van der Waals surface area (Å²) in [6, 6.07) is 1.48. The molecular formula is C11H13Cl2NO2S. The van der Waals surface area contributed by atoms with Crippen LogP contribution in [0.3, 0.4) is 0 Å². The highest BCUT2D eigenvalue weighted by atomic mass is 35.5. The first-order chi connectivity index (χ1) is 8.04. The molecule has 0 radical (unpaired) electrons. The van der Waals surface area contributed by atoms with Crippen molar-refractivity contribution in [2.45, 2.75) is 19.4 Å². The highest BCUT2D eigenvalue weighted by molar-refractivity contribution is 7.20. The standard InChI is InChI=1S/C11H13Cl2NO2S/c1-6-2-3-14(8(6)5-15)11(16)7-4-9(12)17-10(7)13/h4,6,8,15H,2-3,5H2,1H3. The van der Waals surface area contributed by atoms with E-state index in [-0.39, 0.29) is 18.6 Å². The molecule has 1 aromatic heterocycles. The van der Waals surface area contributed by atoms with Crippen molar-refractivity contribution in [2.75, 3.05) is 13.2 Å². The molecule has 1 amide bonds. The number of thiophene rings is 1. The molecule has 6 heteroatoms. The molecule has 1 aliphatic heterocycles. The monoisotopic (exact) mass is 293 g/mol. The Kier molecular flexibility index (Phi) is 3.98. The van der Waals surface area contributed by atoms with Crippen LogP contribution in [0, 0.1) is 5.92 Å². The van der Waals surface area contributed by atoms with Gasteiger partial charge in [0.25, 0.3) is 5.91 Å². The lowest BCUT2D eigenvalue weighted by Crippen LogP contribution is -2.39. The van der Waals surface area contributed by atoms with Crippen LogP contribution in [-0.4, -0.2) is 35.1 Å². The summed E-state index contributed by atoms with van der Waals surface area (Å²) in [6.45, 7) is 2.69. The number of amides is 1. The maximum Gasteiger partial charge on any atom is 0.256 e. The Morgan fingerprint density at radius 2 is 2.35 bits per heavy atom. The van der Waals surface area contributed by atoms with Gasteiger partial charge in [-0.15, -0.1) is 11.3 Å². The summed E-state index contributed by atoms with van der Waals surface area (Å²) in [7, 11) is 0. The molecule has 17 heavy (non-hydrogen) atoms. The van der Waals surface area contributed by atoms with Crippen molar-refractivity contribution < 1.29 is 9.90 Å². The molecule has 1 N–H and O–H groups in total. The van der Waals surface area contributed by atoms with Crippen LogP contribution >= 0.6 is 34.5 Å². The molecule has 3 nitrogen and oxygen atoms in total. The minimum absolute atomic E-state index is 0.0115. The van der Waals surface area contributed by atoms with E-state index in [1.807, 2.05) is 6.92 Å². The molecule has 2 unspecified atom stereocenters. The van der Waals surface area contributed by atoms with Crippen LogP contribution in [0.15, 0.2) is 6.07 Å². The van der Waals surface area contributed by atoms with E-state index in [1.165, 1.54) is 11.3 Å². The number of rotatable bonds is 2. The zero-order chi connectivity index (χ0) is 12.6. The summed E-state index contributed by atoms with van der Waals surface area (Å²) in [5, 5.41) is 9.33. The number of carbonyl (C=O) groups excluding carboxylic acids is 1. The van der Waals surface area contributed by atoms with Crippen molar-refractivity contribution in [3.05, 3.63) is 20.3 Å². The second kappa shape index (κ2) is 5.14. The topological polar surface area (TPSA) is 40.5 Å². The molecule has 0 bridgehead atoms. The van der Waals surface area contributed by atoms with Crippen molar-refractivity contribution in [1.82, 2.24) is 4.90 Å². The van der Waals surface area contributed by atoms with Gasteiger partial charge < -0.3 is 10.0 Å². The molecule has 0 saturated carbocycles. The van der Waals surface area contributed by atoms with Crippen LogP contribution in [-0.2, 0) is 0 Å². The number of likely N-dealkylation sites (tertiary alicyclic amines) is 1. The summed E-state index contributed by atoms with van der Waals surface area (Å²) < 4.78 is 0.919. The van der Waals surface area contributed by atoms with Crippen LogP contribution < -0.4 is 0 Å². The van der Waals surface area contributed by atoms with E-state index >= 15 is 0 Å². The molecule has 0 aromatic carbocycles. The summed E-state index contributed by atoms with van der Waals surface area (Å²) >= 11 is 13.0. The van der Waals surface area contributed by atoms with Crippen LogP contribution in [0.2, 0.25) is 8.67 Å². The predicted octanol–water partition coefficient (Wildman–Crippen LogP) is 2.90. The molecule has 0 aliphatic carbocycles. The van der Waals surface area contributed by atoms with Gasteiger partial charge in [-0.05, 0) is 18.4 Å². The fourth-order valence-corrected chi connectivity index (χ4v) is 3.63. The SMILES string of the molecule is CC1CCN(C(=O)c2cc(Cl)sc2Cl)C1CO. The van der Waals surface area contributed by atoms with E-state index in [9.17, 15) is 9.90 Å². The van der Waals surface area contributed by atoms with Crippen LogP contribution in [0.4, 0.5) is 0 Å². The average molecular weight is 294 g/mol. The van der Waals surface area contributed by atoms with Crippen molar-refractivity contribution in [3.8, 4) is 0 Å². The zero-order valence-electron chi connectivity index (χ0n) is 9.32. The normalized spacial score (nSPS) is 24.4. The number of halogens is 2. The molecule has 1 aliphatic rings. The van der Waals surface area contributed by atoms with Gasteiger partial charge in [0.05, 0.1) is 22.5 Å². The summed E-state index contributed by atoms with van der Waals surface area (Å²) in [4.78, 5) is 14.0. The van der Waals surface area contributed by atoms with E-state index in [0.717, 1.165) is 6.42 Å². The maximum atomic E-state index is 12.3. The van der Waals surface area contributed by atoms with Crippen molar-refractivity contribution in [3.63, 3.8) is 0 Å². The van der Waals surface area contributed by atoms with Gasteiger partial charge in [0.1, 0.15) is 4.34 Å². The second-order valence-electron chi connectivity index (χ2n) is 4.25. The van der Waals surface area contributed by atoms with Crippen LogP contribution in [0.1, 0.15) is 23.7 Å². The van der Waals surface area contributed by atoms with Gasteiger partial charge in [0, 0.05) is 6.54 Å². The smallest absolute Gasteiger partial charge is 0.256 e. The van der Waals surface area contributed by atoms with Gasteiger partial charge >= 0.3 is 0 Å². The molecule has 1 aromatic rings. The van der Waals surface area contributed by atoms with Gasteiger partial charge in [-0.1, -0.05) is 30.1 Å². The fourth-order valence-electron chi connectivity index (χ4n) is 2.18. The molecule has 0 spiro atoms. The van der Waals surface area contributed by atoms with Gasteiger partial charge in [-0.3, -0.25) is 4.79 Å². The van der Waals surface area contributed by atoms with Gasteiger partial charge in [0.15, 0.2) is 0 Å². The zero-order valence-corrected chi connectivity index (χ0v) is 11.6. The molecule has 2 heterocycles. The van der Waals surface area contributed by atoms with E-state index in [2.05, 4.69) is 0 Å². The van der Waals surface area contributed by atoms with Crippen LogP contribution in [0.5, 0.6) is 0 Å². The van der Waals surface area contributed by atoms with Crippen molar-refractivity contribution in [2.24, 2.45) is 5.92 Å². The Morgan fingerprint density at radius 1 is 1.65 bits per heavy atom. The van der Waals surface area contributed by atoms with E-state index < -0.39 is 0 Å². The fraction of sp³-hybridized carbons (Fsp3) is 0.545. The first-order valence-electron chi connectivity index (χ1n) is 5.41. The lowest BCUT2D eigenvalue weighted by atomic mass is 10.0. The number of aliphatic hydroxyl groups is 1. The first-order valence-corrected chi connectivity index (χ1v) is 6.98. The highest BCUT2D eigenvalue weighted by Gasteiger charge is 2.35. The molecule has 2 atom stereocenters. The van der Waals surface area contributed by atoms with Crippen molar-refractivity contribution in [1.29, 1.82) is 0 Å². The van der Waals surface area contributed by atoms with Crippen LogP contribution in [0.25, 0.3) is 0 Å². The molecule has 94 valence electrons. The Labute approximate surface area is 114 Å². The van der Waals surface area contributed by atoms with Gasteiger partial charge in [0.2, 0.25) is 0 Å². The summed E-state index contributed by atoms with van der Waals surface area (Å²) in [5.41, 5.74) is 0.439. The molecule has 1 saturated heterocycles. The van der Waals surface area contributed by atoms with Gasteiger partial charge in [-0.2, -0.15) is 0 Å². The third-order valence-corrected chi connectivity index (χ3v) is 4.71. The number of nitrogens with zero attached hydrogens (tertiary/aromatic N) is 1. The van der Waals surface area contributed by atoms with Crippen molar-refractivity contribution >= 4 is 40.4 Å². The Balaban J connectivity index is 2.23. The lowest BCUT2D eigenvalue weighted by Gasteiger charge is -2.25. The summed E-state index contributed by atoms with van der Waals surface area (Å²) in [6.07, 6.45) is 0.909. The predicted molar refractivity (Wildman–Crippen MR) is 70.0 cm³/mol. The Morgan fingerprint density at radius 3 is 2.88 bits per heavy atom. The maximum absolute atomic E-state index is 12.3. The Bertz CT molecular complexity index is 435. The molecule has 1 fully saturated rings. The average Bonchev–Trinajstić information content (AvgIpc) is 2.80. The minimum Gasteiger partial charge on any atom is -0.394 e. The number of aliphatic hydroxyl groups excluding tert-OH is 1. The van der Waals surface area contributed by atoms with E-state index in [0.29, 0.717) is 26.7 Å². The van der Waals surface area contributed by atoms with E-state index in [4.69, 9.17) is 23.2 Å². The second-order valence-corrected chi connectivity index (χ2v) is 6.54. The lowest BCUT2D eigenvalue weighted by molar-refractivity contribution is 0.0649. The Hall–Kier alpha value is -0.290. The minimum atomic E-state index is -0.137. The largest absolute Gasteiger partial charge is 0.394 e. The first kappa shape index (κ1) is 13.1. The quantitative estimate of drug-likeness (QED) is 0.911. The molecule has 2 rings (SSSR count). The number of hydrogen-bond acceptors (Lipinski definition) is 3. The third-order valence-electron chi connectivity index (χ3n) is 3.22. The number of hydrogen-bond donors (Lipinski definition) is 1. The van der Waals surface area contributed by atoms with Gasteiger partial charge in [-0.25, -0.2) is 0 Å². The summed E-state index contributed by atoms with van der Waals surface area (Å²) in [5.74, 6) is 0.179. The molecular weight excluding hydrogens is 281 g/mol. The number of carbonyl (C=O) groups is 1. The highest BCUT2D eigenvalue weighted by Crippen LogP contribution is 2.34. The van der Waals surface area contributed by atoms with E-state index in [1.54, 1.807) is 11.0 Å². The third kappa shape index (κ3) is 2.45.